The average Bonchev–Trinajstić information content (AvgIpc) is 3.11. The number of amides is 1. The third-order valence-electron chi connectivity index (χ3n) is 5.68. The van der Waals surface area contributed by atoms with E-state index >= 15 is 0 Å². The van der Waals surface area contributed by atoms with Crippen molar-refractivity contribution < 1.29 is 23.5 Å². The summed E-state index contributed by atoms with van der Waals surface area (Å²) >= 11 is 0.956. The molecule has 34 heavy (non-hydrogen) atoms. The fourth-order valence-corrected chi connectivity index (χ4v) is 4.93. The number of rotatable bonds is 8. The van der Waals surface area contributed by atoms with Crippen LogP contribution in [-0.2, 0) is 28.0 Å². The van der Waals surface area contributed by atoms with E-state index in [2.05, 4.69) is 0 Å². The standard InChI is InChI=1S/C23H26FN3O6S/c1-6-33-20(29)17-12(2)16-18(28)27(23(3,4)21(25)30)22(31)26(19(16)34-17)10-9-13-11-14(24)7-8-15(13)32-5/h7-8,11H,6,9-10H2,1-5H3,(H2,25,30). The highest BCUT2D eigenvalue weighted by Crippen LogP contribution is 2.30. The smallest absolute Gasteiger partial charge is 0.348 e. The summed E-state index contributed by atoms with van der Waals surface area (Å²) in [5.41, 5.74) is 3.22. The summed E-state index contributed by atoms with van der Waals surface area (Å²) in [5, 5.41) is 0.119. The van der Waals surface area contributed by atoms with Crippen LogP contribution >= 0.6 is 11.3 Å². The first-order chi connectivity index (χ1) is 15.9. The lowest BCUT2D eigenvalue weighted by Gasteiger charge is -2.24. The minimum atomic E-state index is -1.64. The Labute approximate surface area is 198 Å². The van der Waals surface area contributed by atoms with E-state index in [1.807, 2.05) is 0 Å². The lowest BCUT2D eigenvalue weighted by molar-refractivity contribution is -0.125. The van der Waals surface area contributed by atoms with Crippen molar-refractivity contribution in [2.45, 2.75) is 46.2 Å². The Morgan fingerprint density at radius 2 is 1.91 bits per heavy atom. The van der Waals surface area contributed by atoms with Crippen molar-refractivity contribution in [2.75, 3.05) is 13.7 Å². The van der Waals surface area contributed by atoms with Crippen LogP contribution in [0.15, 0.2) is 27.8 Å². The molecule has 11 heteroatoms. The Bertz CT molecular complexity index is 1400. The van der Waals surface area contributed by atoms with Gasteiger partial charge in [0.05, 0.1) is 19.1 Å². The van der Waals surface area contributed by atoms with Gasteiger partial charge in [0.25, 0.3) is 5.56 Å². The molecule has 0 fully saturated rings. The molecule has 0 aliphatic rings. The monoisotopic (exact) mass is 491 g/mol. The molecule has 9 nitrogen and oxygen atoms in total. The van der Waals surface area contributed by atoms with Crippen LogP contribution in [0.3, 0.4) is 0 Å². The first kappa shape index (κ1) is 25.2. The highest BCUT2D eigenvalue weighted by atomic mass is 32.1. The summed E-state index contributed by atoms with van der Waals surface area (Å²) in [6.45, 7) is 6.14. The van der Waals surface area contributed by atoms with Crippen molar-refractivity contribution >= 4 is 33.4 Å². The van der Waals surface area contributed by atoms with Gasteiger partial charge in [0.1, 0.15) is 26.8 Å². The van der Waals surface area contributed by atoms with Crippen LogP contribution in [0.5, 0.6) is 5.75 Å². The van der Waals surface area contributed by atoms with E-state index in [1.165, 1.54) is 43.7 Å². The number of thiophene rings is 1. The van der Waals surface area contributed by atoms with Crippen molar-refractivity contribution in [2.24, 2.45) is 5.73 Å². The maximum Gasteiger partial charge on any atom is 0.348 e. The quantitative estimate of drug-likeness (QED) is 0.483. The third kappa shape index (κ3) is 4.23. The lowest BCUT2D eigenvalue weighted by atomic mass is 10.0. The second kappa shape index (κ2) is 9.41. The predicted octanol–water partition coefficient (Wildman–Crippen LogP) is 2.32. The van der Waals surface area contributed by atoms with Crippen molar-refractivity contribution in [1.82, 2.24) is 9.13 Å². The van der Waals surface area contributed by atoms with Crippen LogP contribution in [0, 0.1) is 12.7 Å². The number of carbonyl (C=O) groups excluding carboxylic acids is 2. The van der Waals surface area contributed by atoms with E-state index < -0.39 is 34.5 Å². The zero-order valence-electron chi connectivity index (χ0n) is 19.6. The molecule has 1 aromatic carbocycles. The second-order valence-electron chi connectivity index (χ2n) is 8.16. The molecule has 0 saturated carbocycles. The Kier molecular flexibility index (Phi) is 6.97. The molecular formula is C23H26FN3O6S. The zero-order chi connectivity index (χ0) is 25.4. The zero-order valence-corrected chi connectivity index (χ0v) is 20.4. The van der Waals surface area contributed by atoms with Gasteiger partial charge in [-0.05, 0) is 63.4 Å². The highest BCUT2D eigenvalue weighted by Gasteiger charge is 2.34. The molecule has 0 spiro atoms. The van der Waals surface area contributed by atoms with E-state index in [4.69, 9.17) is 15.2 Å². The number of hydrogen-bond donors (Lipinski definition) is 1. The van der Waals surface area contributed by atoms with E-state index in [0.717, 1.165) is 15.9 Å². The van der Waals surface area contributed by atoms with Crippen LogP contribution in [0.25, 0.3) is 10.2 Å². The number of nitrogens with two attached hydrogens (primary N) is 1. The van der Waals surface area contributed by atoms with Gasteiger partial charge in [0, 0.05) is 6.54 Å². The molecule has 1 amide bonds. The van der Waals surface area contributed by atoms with Gasteiger partial charge in [0.2, 0.25) is 5.91 Å². The average molecular weight is 492 g/mol. The van der Waals surface area contributed by atoms with E-state index in [1.54, 1.807) is 13.8 Å². The number of benzene rings is 1. The Morgan fingerprint density at radius 3 is 2.50 bits per heavy atom. The third-order valence-corrected chi connectivity index (χ3v) is 6.98. The topological polar surface area (TPSA) is 123 Å². The molecule has 182 valence electrons. The van der Waals surface area contributed by atoms with Crippen molar-refractivity contribution in [1.29, 1.82) is 0 Å². The number of nitrogens with zero attached hydrogens (tertiary/aromatic N) is 2. The van der Waals surface area contributed by atoms with Gasteiger partial charge in [-0.1, -0.05) is 0 Å². The molecular weight excluding hydrogens is 465 g/mol. The van der Waals surface area contributed by atoms with Gasteiger partial charge >= 0.3 is 11.7 Å². The van der Waals surface area contributed by atoms with E-state index in [9.17, 15) is 23.6 Å². The predicted molar refractivity (Wildman–Crippen MR) is 126 cm³/mol. The summed E-state index contributed by atoms with van der Waals surface area (Å²) in [4.78, 5) is 52.0. The normalized spacial score (nSPS) is 11.6. The van der Waals surface area contributed by atoms with E-state index in [-0.39, 0.29) is 34.7 Å². The molecule has 0 aliphatic carbocycles. The Hall–Kier alpha value is -3.47. The molecule has 0 saturated heterocycles. The molecule has 0 radical (unpaired) electrons. The van der Waals surface area contributed by atoms with Gasteiger partial charge in [0.15, 0.2) is 0 Å². The van der Waals surface area contributed by atoms with Gasteiger partial charge < -0.3 is 15.2 Å². The Morgan fingerprint density at radius 1 is 1.24 bits per heavy atom. The number of halogens is 1. The fourth-order valence-electron chi connectivity index (χ4n) is 3.71. The number of esters is 1. The maximum absolute atomic E-state index is 13.9. The molecule has 2 heterocycles. The molecule has 2 N–H and O–H groups in total. The number of ether oxygens (including phenoxy) is 2. The van der Waals surface area contributed by atoms with Crippen LogP contribution in [0.1, 0.15) is 41.6 Å². The number of aryl methyl sites for hydroxylation is 3. The van der Waals surface area contributed by atoms with Gasteiger partial charge in [-0.2, -0.15) is 0 Å². The molecule has 3 rings (SSSR count). The SMILES string of the molecule is CCOC(=O)c1sc2c(c1C)c(=O)n(C(C)(C)C(N)=O)c(=O)n2CCc1cc(F)ccc1OC. The lowest BCUT2D eigenvalue weighted by Crippen LogP contribution is -2.54. The van der Waals surface area contributed by atoms with Gasteiger partial charge in [-0.25, -0.2) is 18.5 Å². The van der Waals surface area contributed by atoms with Crippen LogP contribution in [-0.4, -0.2) is 34.7 Å². The summed E-state index contributed by atoms with van der Waals surface area (Å²) in [5.74, 6) is -1.52. The van der Waals surface area contributed by atoms with Crippen LogP contribution in [0.4, 0.5) is 4.39 Å². The number of fused-ring (bicyclic) bond motifs is 1. The Balaban J connectivity index is 2.31. The minimum absolute atomic E-state index is 0.0203. The molecule has 0 bridgehead atoms. The summed E-state index contributed by atoms with van der Waals surface area (Å²) < 4.78 is 26.3. The summed E-state index contributed by atoms with van der Waals surface area (Å²) in [7, 11) is 1.45. The van der Waals surface area contributed by atoms with Crippen LogP contribution in [0.2, 0.25) is 0 Å². The number of aromatic nitrogens is 2. The minimum Gasteiger partial charge on any atom is -0.496 e. The summed E-state index contributed by atoms with van der Waals surface area (Å²) in [6.07, 6.45) is 0.177. The maximum atomic E-state index is 13.9. The van der Waals surface area contributed by atoms with Crippen molar-refractivity contribution in [3.05, 3.63) is 60.9 Å². The largest absolute Gasteiger partial charge is 0.496 e. The van der Waals surface area contributed by atoms with Gasteiger partial charge in [-0.15, -0.1) is 11.3 Å². The fraction of sp³-hybridized carbons (Fsp3) is 0.391. The number of primary amides is 1. The second-order valence-corrected chi connectivity index (χ2v) is 9.16. The van der Waals surface area contributed by atoms with Crippen molar-refractivity contribution in [3.8, 4) is 5.75 Å². The van der Waals surface area contributed by atoms with Crippen LogP contribution < -0.4 is 21.7 Å². The number of hydrogen-bond acceptors (Lipinski definition) is 7. The number of methoxy groups -OCH3 is 1. The number of carbonyl (C=O) groups is 2. The highest BCUT2D eigenvalue weighted by molar-refractivity contribution is 7.20. The van der Waals surface area contributed by atoms with Crippen molar-refractivity contribution in [3.63, 3.8) is 0 Å². The molecule has 3 aromatic rings. The molecule has 0 unspecified atom stereocenters. The molecule has 0 aliphatic heterocycles. The first-order valence-corrected chi connectivity index (χ1v) is 11.4. The van der Waals surface area contributed by atoms with Gasteiger partial charge in [-0.3, -0.25) is 14.2 Å². The first-order valence-electron chi connectivity index (χ1n) is 10.5. The molecule has 2 aromatic heterocycles. The summed E-state index contributed by atoms with van der Waals surface area (Å²) in [6, 6.07) is 4.04. The van der Waals surface area contributed by atoms with E-state index in [0.29, 0.717) is 16.9 Å². The molecule has 0 atom stereocenters.